The molecule has 1 heterocycles. The van der Waals surface area contributed by atoms with Gasteiger partial charge in [-0.15, -0.1) is 0 Å². The highest BCUT2D eigenvalue weighted by Gasteiger charge is 2.21. The maximum atomic E-state index is 4.35. The van der Waals surface area contributed by atoms with Gasteiger partial charge in [-0.05, 0) is 48.9 Å². The Kier molecular flexibility index (Phi) is 4.44. The Morgan fingerprint density at radius 1 is 0.920 bits per heavy atom. The fraction of sp³-hybridized carbons (Fsp3) is 0.0952. The van der Waals surface area contributed by atoms with Crippen LogP contribution in [-0.4, -0.2) is 12.8 Å². The number of nitrogens with one attached hydrogen (secondary N) is 1. The number of nitrogens with zero attached hydrogens (tertiary/aromatic N) is 2. The van der Waals surface area contributed by atoms with Crippen LogP contribution in [0, 0.1) is 0 Å². The van der Waals surface area contributed by atoms with E-state index in [0.717, 1.165) is 17.8 Å². The zero-order valence-corrected chi connectivity index (χ0v) is 14.8. The summed E-state index contributed by atoms with van der Waals surface area (Å²) in [6.45, 7) is 3.14. The number of hydrogen-bond acceptors (Lipinski definition) is 4. The van der Waals surface area contributed by atoms with Gasteiger partial charge in [0.1, 0.15) is 0 Å². The van der Waals surface area contributed by atoms with E-state index in [9.17, 15) is 0 Å². The summed E-state index contributed by atoms with van der Waals surface area (Å²) in [6, 6.07) is 25.0. The minimum Gasteiger partial charge on any atom is -0.340 e. The molecule has 0 atom stereocenters. The van der Waals surface area contributed by atoms with Crippen molar-refractivity contribution in [2.24, 2.45) is 5.10 Å². The van der Waals surface area contributed by atoms with Crippen LogP contribution >= 0.6 is 11.8 Å². The molecule has 0 amide bonds. The minimum absolute atomic E-state index is 0.952. The predicted octanol–water partition coefficient (Wildman–Crippen LogP) is 5.76. The molecule has 124 valence electrons. The molecule has 0 spiro atoms. The third kappa shape index (κ3) is 3.26. The molecule has 0 bridgehead atoms. The Bertz CT molecular complexity index is 906. The number of fused-ring (bicyclic) bond motifs is 2. The average molecular weight is 345 g/mol. The molecule has 0 fully saturated rings. The van der Waals surface area contributed by atoms with Crippen molar-refractivity contribution in [2.45, 2.75) is 16.7 Å². The van der Waals surface area contributed by atoms with Crippen LogP contribution in [0.5, 0.6) is 0 Å². The highest BCUT2D eigenvalue weighted by atomic mass is 32.2. The van der Waals surface area contributed by atoms with Gasteiger partial charge in [-0.2, -0.15) is 5.10 Å². The summed E-state index contributed by atoms with van der Waals surface area (Å²) < 4.78 is 0. The van der Waals surface area contributed by atoms with Crippen LogP contribution in [-0.2, 0) is 0 Å². The van der Waals surface area contributed by atoms with Gasteiger partial charge in [-0.3, -0.25) is 5.43 Å². The van der Waals surface area contributed by atoms with E-state index in [1.54, 1.807) is 0 Å². The van der Waals surface area contributed by atoms with E-state index in [4.69, 9.17) is 0 Å². The Morgan fingerprint density at radius 2 is 1.68 bits per heavy atom. The van der Waals surface area contributed by atoms with Gasteiger partial charge in [0.25, 0.3) is 0 Å². The standard InChI is InChI=1S/C21H19N3S/c1-2-24-18-10-6-7-11-20(18)25-21-14-16(12-13-19(21)24)15-22-23-17-8-4-3-5-9-17/h3-15,23H,2H2,1H3. The van der Waals surface area contributed by atoms with Crippen molar-refractivity contribution in [2.75, 3.05) is 16.9 Å². The first-order valence-corrected chi connectivity index (χ1v) is 9.19. The van der Waals surface area contributed by atoms with Crippen molar-refractivity contribution >= 4 is 35.0 Å². The van der Waals surface area contributed by atoms with E-state index >= 15 is 0 Å². The fourth-order valence-electron chi connectivity index (χ4n) is 2.97. The second-order valence-electron chi connectivity index (χ2n) is 5.78. The number of hydrazone groups is 1. The fourth-order valence-corrected chi connectivity index (χ4v) is 4.11. The van der Waals surface area contributed by atoms with Crippen LogP contribution in [0.2, 0.25) is 0 Å². The topological polar surface area (TPSA) is 27.6 Å². The highest BCUT2D eigenvalue weighted by Crippen LogP contribution is 2.47. The molecule has 3 aromatic rings. The molecule has 1 aliphatic heterocycles. The third-order valence-electron chi connectivity index (χ3n) is 4.15. The van der Waals surface area contributed by atoms with E-state index in [2.05, 4.69) is 64.8 Å². The molecular formula is C21H19N3S. The number of para-hydroxylation sites is 2. The van der Waals surface area contributed by atoms with Crippen molar-refractivity contribution in [1.82, 2.24) is 0 Å². The van der Waals surface area contributed by atoms with Gasteiger partial charge in [-0.1, -0.05) is 48.2 Å². The molecule has 3 aromatic carbocycles. The van der Waals surface area contributed by atoms with Crippen LogP contribution in [0.15, 0.2) is 87.7 Å². The Hall–Kier alpha value is -2.72. The van der Waals surface area contributed by atoms with Gasteiger partial charge in [0.2, 0.25) is 0 Å². The first kappa shape index (κ1) is 15.8. The number of hydrogen-bond donors (Lipinski definition) is 1. The molecule has 1 N–H and O–H groups in total. The molecule has 25 heavy (non-hydrogen) atoms. The molecule has 4 rings (SSSR count). The van der Waals surface area contributed by atoms with E-state index in [1.807, 2.05) is 48.3 Å². The maximum absolute atomic E-state index is 4.35. The van der Waals surface area contributed by atoms with E-state index < -0.39 is 0 Å². The van der Waals surface area contributed by atoms with Gasteiger partial charge < -0.3 is 4.90 Å². The summed E-state index contributed by atoms with van der Waals surface area (Å²) >= 11 is 1.82. The Morgan fingerprint density at radius 3 is 2.52 bits per heavy atom. The van der Waals surface area contributed by atoms with Gasteiger partial charge in [0.15, 0.2) is 0 Å². The molecule has 0 saturated heterocycles. The summed E-state index contributed by atoms with van der Waals surface area (Å²) in [7, 11) is 0. The van der Waals surface area contributed by atoms with Crippen LogP contribution in [0.4, 0.5) is 17.1 Å². The Balaban J connectivity index is 1.58. The first-order valence-electron chi connectivity index (χ1n) is 8.38. The lowest BCUT2D eigenvalue weighted by atomic mass is 10.1. The highest BCUT2D eigenvalue weighted by molar-refractivity contribution is 7.99. The monoisotopic (exact) mass is 345 g/mol. The summed E-state index contributed by atoms with van der Waals surface area (Å²) in [5, 5.41) is 4.35. The SMILES string of the molecule is CCN1c2ccccc2Sc2cc(C=NNc3ccccc3)ccc21. The molecule has 4 heteroatoms. The molecule has 0 saturated carbocycles. The summed E-state index contributed by atoms with van der Waals surface area (Å²) in [5.74, 6) is 0. The van der Waals surface area contributed by atoms with E-state index in [0.29, 0.717) is 0 Å². The minimum atomic E-state index is 0.952. The normalized spacial score (nSPS) is 12.8. The second-order valence-corrected chi connectivity index (χ2v) is 6.86. The van der Waals surface area contributed by atoms with Crippen molar-refractivity contribution in [3.8, 4) is 0 Å². The van der Waals surface area contributed by atoms with Crippen molar-refractivity contribution < 1.29 is 0 Å². The van der Waals surface area contributed by atoms with E-state index in [1.165, 1.54) is 21.2 Å². The number of benzene rings is 3. The average Bonchev–Trinajstić information content (AvgIpc) is 2.67. The lowest BCUT2D eigenvalue weighted by Gasteiger charge is -2.32. The zero-order chi connectivity index (χ0) is 17.1. The number of anilines is 3. The third-order valence-corrected chi connectivity index (χ3v) is 5.26. The summed E-state index contributed by atoms with van der Waals surface area (Å²) in [5.41, 5.74) is 7.68. The maximum Gasteiger partial charge on any atom is 0.0561 e. The molecule has 0 aliphatic carbocycles. The molecular weight excluding hydrogens is 326 g/mol. The molecule has 0 unspecified atom stereocenters. The quantitative estimate of drug-likeness (QED) is 0.481. The molecule has 3 nitrogen and oxygen atoms in total. The van der Waals surface area contributed by atoms with Crippen molar-refractivity contribution in [3.05, 3.63) is 78.4 Å². The zero-order valence-electron chi connectivity index (χ0n) is 14.0. The van der Waals surface area contributed by atoms with Gasteiger partial charge >= 0.3 is 0 Å². The van der Waals surface area contributed by atoms with Crippen molar-refractivity contribution in [1.29, 1.82) is 0 Å². The van der Waals surface area contributed by atoms with Crippen LogP contribution in [0.3, 0.4) is 0 Å². The van der Waals surface area contributed by atoms with Crippen molar-refractivity contribution in [3.63, 3.8) is 0 Å². The first-order chi connectivity index (χ1) is 12.3. The van der Waals surface area contributed by atoms with Gasteiger partial charge in [0.05, 0.1) is 23.3 Å². The second kappa shape index (κ2) is 7.03. The van der Waals surface area contributed by atoms with Crippen LogP contribution in [0.1, 0.15) is 12.5 Å². The molecule has 0 radical (unpaired) electrons. The molecule has 0 aromatic heterocycles. The lowest BCUT2D eigenvalue weighted by Crippen LogP contribution is -2.19. The summed E-state index contributed by atoms with van der Waals surface area (Å²) in [4.78, 5) is 4.93. The Labute approximate surface area is 152 Å². The molecule has 1 aliphatic rings. The van der Waals surface area contributed by atoms with Crippen LogP contribution < -0.4 is 10.3 Å². The van der Waals surface area contributed by atoms with Crippen LogP contribution in [0.25, 0.3) is 0 Å². The van der Waals surface area contributed by atoms with Gasteiger partial charge in [0, 0.05) is 16.3 Å². The van der Waals surface area contributed by atoms with Gasteiger partial charge in [-0.25, -0.2) is 0 Å². The lowest BCUT2D eigenvalue weighted by molar-refractivity contribution is 0.979. The smallest absolute Gasteiger partial charge is 0.0561 e. The summed E-state index contributed by atoms with van der Waals surface area (Å²) in [6.07, 6.45) is 1.87. The largest absolute Gasteiger partial charge is 0.340 e. The van der Waals surface area contributed by atoms with E-state index in [-0.39, 0.29) is 0 Å². The predicted molar refractivity (Wildman–Crippen MR) is 107 cm³/mol. The number of rotatable bonds is 4.